The van der Waals surface area contributed by atoms with Gasteiger partial charge in [-0.2, -0.15) is 13.6 Å². The van der Waals surface area contributed by atoms with Gasteiger partial charge in [-0.15, -0.1) is 0 Å². The van der Waals surface area contributed by atoms with E-state index in [9.17, 15) is 28.1 Å². The Hall–Kier alpha value is -3.31. The summed E-state index contributed by atoms with van der Waals surface area (Å²) in [6.45, 7) is 8.43. The average Bonchev–Trinajstić information content (AvgIpc) is 3.07. The molecule has 2 N–H and O–H groups in total. The van der Waals surface area contributed by atoms with Crippen molar-refractivity contribution in [2.24, 2.45) is 16.5 Å². The van der Waals surface area contributed by atoms with Crippen LogP contribution in [0.2, 0.25) is 0 Å². The molecule has 0 spiro atoms. The van der Waals surface area contributed by atoms with Gasteiger partial charge >= 0.3 is 10.3 Å². The van der Waals surface area contributed by atoms with Crippen molar-refractivity contribution in [2.45, 2.75) is 71.1 Å². The van der Waals surface area contributed by atoms with Crippen molar-refractivity contribution in [1.29, 1.82) is 0 Å². The van der Waals surface area contributed by atoms with Crippen molar-refractivity contribution < 1.29 is 27.1 Å². The molecule has 0 saturated heterocycles. The van der Waals surface area contributed by atoms with Crippen molar-refractivity contribution in [3.63, 3.8) is 0 Å². The molecule has 0 aromatic heterocycles. The molecule has 2 aromatic rings. The fraction of sp³-hybridized carbons (Fsp3) is 0.500. The third-order valence-corrected chi connectivity index (χ3v) is 9.53. The van der Waals surface area contributed by atoms with Gasteiger partial charge < -0.3 is 4.18 Å². The molecule has 1 aliphatic heterocycles. The number of nitro benzene ring substituents is 1. The van der Waals surface area contributed by atoms with Gasteiger partial charge in [0.05, 0.1) is 16.1 Å². The van der Waals surface area contributed by atoms with Crippen molar-refractivity contribution in [3.8, 4) is 5.75 Å². The van der Waals surface area contributed by atoms with E-state index < -0.39 is 32.5 Å². The van der Waals surface area contributed by atoms with E-state index in [-0.39, 0.29) is 46.4 Å². The maximum Gasteiger partial charge on any atom is 0.380 e. The second-order valence-corrected chi connectivity index (χ2v) is 13.1. The van der Waals surface area contributed by atoms with E-state index in [1.165, 1.54) is 23.1 Å². The smallest absolute Gasteiger partial charge is 0.371 e. The van der Waals surface area contributed by atoms with Gasteiger partial charge in [0.15, 0.2) is 0 Å². The van der Waals surface area contributed by atoms with E-state index in [0.29, 0.717) is 0 Å². The number of benzene rings is 2. The summed E-state index contributed by atoms with van der Waals surface area (Å²) in [4.78, 5) is 38.5. The van der Waals surface area contributed by atoms with Crippen LogP contribution in [0.5, 0.6) is 5.75 Å². The highest BCUT2D eigenvalue weighted by Crippen LogP contribution is 2.58. The molecule has 0 radical (unpaired) electrons. The number of nitrogens with zero attached hydrogens (tertiary/aromatic N) is 2. The van der Waals surface area contributed by atoms with Crippen LogP contribution >= 0.6 is 0 Å². The van der Waals surface area contributed by atoms with Gasteiger partial charge in [-0.1, -0.05) is 40.2 Å². The van der Waals surface area contributed by atoms with Crippen LogP contribution in [-0.2, 0) is 22.1 Å². The van der Waals surface area contributed by atoms with Crippen molar-refractivity contribution >= 4 is 27.8 Å². The standard InChI is InChI=1S/C28H33N3O7S/c1-16(2)20-12-17-6-9-24-27(3,10-5-11-28(24,4)22(17)14-23(20)38-39(29,36)37)15-30-25(32)19-8-7-18(31(34)35)13-21(19)26(30)33/h7-8,12-14,16,24H,5-6,9-11,15H2,1-4H3,(H2,29,36,37)/t24-,27-,28+/m0/s1. The number of carbonyl (C=O) groups is 2. The van der Waals surface area contributed by atoms with E-state index in [0.717, 1.165) is 48.8 Å². The number of amides is 2. The summed E-state index contributed by atoms with van der Waals surface area (Å²) in [5.41, 5.74) is 2.22. The van der Waals surface area contributed by atoms with Gasteiger partial charge in [-0.25, -0.2) is 0 Å². The van der Waals surface area contributed by atoms with Crippen LogP contribution in [0.4, 0.5) is 5.69 Å². The predicted molar refractivity (Wildman–Crippen MR) is 144 cm³/mol. The molecule has 2 aliphatic carbocycles. The third kappa shape index (κ3) is 4.51. The summed E-state index contributed by atoms with van der Waals surface area (Å²) in [6, 6.07) is 7.65. The Morgan fingerprint density at radius 2 is 1.82 bits per heavy atom. The van der Waals surface area contributed by atoms with Crippen LogP contribution < -0.4 is 9.32 Å². The van der Waals surface area contributed by atoms with Crippen LogP contribution in [0.3, 0.4) is 0 Å². The molecule has 3 atom stereocenters. The maximum atomic E-state index is 13.3. The highest BCUT2D eigenvalue weighted by Gasteiger charge is 2.54. The first-order chi connectivity index (χ1) is 18.1. The van der Waals surface area contributed by atoms with E-state index in [2.05, 4.69) is 13.8 Å². The molecule has 11 heteroatoms. The number of non-ortho nitro benzene ring substituents is 1. The van der Waals surface area contributed by atoms with Gasteiger partial charge in [0.1, 0.15) is 5.75 Å². The molecule has 39 heavy (non-hydrogen) atoms. The molecule has 0 unspecified atom stereocenters. The first kappa shape index (κ1) is 27.3. The number of carbonyl (C=O) groups excluding carboxylic acids is 2. The Balaban J connectivity index is 1.51. The molecular weight excluding hydrogens is 522 g/mol. The van der Waals surface area contributed by atoms with Gasteiger partial charge in [0, 0.05) is 18.7 Å². The number of fused-ring (bicyclic) bond motifs is 4. The van der Waals surface area contributed by atoms with Crippen LogP contribution in [0.1, 0.15) is 96.7 Å². The summed E-state index contributed by atoms with van der Waals surface area (Å²) in [7, 11) is -4.22. The Labute approximate surface area is 227 Å². The van der Waals surface area contributed by atoms with E-state index in [1.54, 1.807) is 0 Å². The SMILES string of the molecule is CC(C)c1cc2c(cc1OS(N)(=O)=O)[C@@]1(C)CCC[C@@](C)(CN3C(=O)c4ccc([N+](=O)[O-])cc4C3=O)[C@@H]1CC2. The lowest BCUT2D eigenvalue weighted by atomic mass is 9.49. The van der Waals surface area contributed by atoms with Crippen LogP contribution in [0, 0.1) is 21.4 Å². The monoisotopic (exact) mass is 555 g/mol. The Morgan fingerprint density at radius 1 is 1.13 bits per heavy atom. The molecule has 10 nitrogen and oxygen atoms in total. The van der Waals surface area contributed by atoms with Gasteiger partial charge in [-0.05, 0) is 77.2 Å². The highest BCUT2D eigenvalue weighted by atomic mass is 32.2. The van der Waals surface area contributed by atoms with Crippen molar-refractivity contribution in [2.75, 3.05) is 6.54 Å². The zero-order valence-corrected chi connectivity index (χ0v) is 23.3. The third-order valence-electron chi connectivity index (χ3n) is 9.12. The van der Waals surface area contributed by atoms with Crippen LogP contribution in [-0.4, -0.2) is 36.6 Å². The molecule has 0 bridgehead atoms. The lowest BCUT2D eigenvalue weighted by Gasteiger charge is -2.56. The lowest BCUT2D eigenvalue weighted by molar-refractivity contribution is -0.384. The molecule has 1 fully saturated rings. The summed E-state index contributed by atoms with van der Waals surface area (Å²) < 4.78 is 29.0. The number of hydrogen-bond donors (Lipinski definition) is 1. The molecule has 2 amide bonds. The lowest BCUT2D eigenvalue weighted by Crippen LogP contribution is -2.54. The van der Waals surface area contributed by atoms with E-state index >= 15 is 0 Å². The highest BCUT2D eigenvalue weighted by molar-refractivity contribution is 7.84. The minimum atomic E-state index is -4.22. The predicted octanol–water partition coefficient (Wildman–Crippen LogP) is 4.61. The molecule has 3 aliphatic rings. The number of aryl methyl sites for hydroxylation is 1. The minimum Gasteiger partial charge on any atom is -0.371 e. The zero-order valence-electron chi connectivity index (χ0n) is 22.5. The molecule has 5 rings (SSSR count). The number of hydrogen-bond acceptors (Lipinski definition) is 7. The topological polar surface area (TPSA) is 150 Å². The van der Waals surface area contributed by atoms with Crippen LogP contribution in [0.25, 0.3) is 0 Å². The van der Waals surface area contributed by atoms with E-state index in [1.807, 2.05) is 26.0 Å². The molecule has 208 valence electrons. The van der Waals surface area contributed by atoms with Gasteiger partial charge in [0.2, 0.25) is 0 Å². The maximum absolute atomic E-state index is 13.3. The number of nitro groups is 1. The van der Waals surface area contributed by atoms with Crippen molar-refractivity contribution in [3.05, 3.63) is 68.3 Å². The largest absolute Gasteiger partial charge is 0.380 e. The number of imide groups is 1. The van der Waals surface area contributed by atoms with Gasteiger partial charge in [-0.3, -0.25) is 24.6 Å². The molecule has 1 saturated carbocycles. The van der Waals surface area contributed by atoms with Gasteiger partial charge in [0.25, 0.3) is 17.5 Å². The molecule has 2 aromatic carbocycles. The Bertz CT molecular complexity index is 1520. The fourth-order valence-corrected chi connectivity index (χ4v) is 7.78. The second-order valence-electron chi connectivity index (χ2n) is 12.0. The first-order valence-corrected chi connectivity index (χ1v) is 14.7. The normalized spacial score (nSPS) is 26.3. The quantitative estimate of drug-likeness (QED) is 0.311. The Morgan fingerprint density at radius 3 is 2.46 bits per heavy atom. The fourth-order valence-electron chi connectivity index (χ4n) is 7.38. The Kier molecular flexibility index (Phi) is 6.38. The first-order valence-electron chi connectivity index (χ1n) is 13.2. The summed E-state index contributed by atoms with van der Waals surface area (Å²) in [6.07, 6.45) is 4.15. The summed E-state index contributed by atoms with van der Waals surface area (Å²) in [5, 5.41) is 16.5. The molecule has 1 heterocycles. The summed E-state index contributed by atoms with van der Waals surface area (Å²) in [5.74, 6) is -0.577. The number of rotatable bonds is 6. The average molecular weight is 556 g/mol. The van der Waals surface area contributed by atoms with E-state index in [4.69, 9.17) is 9.32 Å². The summed E-state index contributed by atoms with van der Waals surface area (Å²) >= 11 is 0. The second kappa shape index (κ2) is 9.12. The molecular formula is C28H33N3O7S. The van der Waals surface area contributed by atoms with Crippen molar-refractivity contribution in [1.82, 2.24) is 4.90 Å². The number of nitrogens with two attached hydrogens (primary N) is 1. The van der Waals surface area contributed by atoms with Crippen LogP contribution in [0.15, 0.2) is 30.3 Å². The zero-order chi connectivity index (χ0) is 28.5. The minimum absolute atomic E-state index is 0.0267.